The quantitative estimate of drug-likeness (QED) is 0.0691. The Morgan fingerprint density at radius 1 is 0.855 bits per heavy atom. The predicted molar refractivity (Wildman–Crippen MR) is 247 cm³/mol. The number of hydrogen-bond donors (Lipinski definition) is 0. The second-order valence-electron chi connectivity index (χ2n) is 14.6. The first-order chi connectivity index (χ1) is 26.9. The fourth-order valence-electron chi connectivity index (χ4n) is 7.31. The molecule has 1 heteroatoms. The van der Waals surface area contributed by atoms with Crippen LogP contribution in [0.15, 0.2) is 185 Å². The molecule has 0 bridgehead atoms. The van der Waals surface area contributed by atoms with Gasteiger partial charge in [-0.1, -0.05) is 154 Å². The van der Waals surface area contributed by atoms with Crippen LogP contribution in [0.3, 0.4) is 0 Å². The Bertz CT molecular complexity index is 1790. The monoisotopic (exact) mass is 734 g/mol. The van der Waals surface area contributed by atoms with E-state index in [1.165, 1.54) is 55.8 Å². The highest BCUT2D eigenvalue weighted by molar-refractivity contribution is 5.69. The summed E-state index contributed by atoms with van der Waals surface area (Å²) in [6, 6.07) is 8.92. The van der Waals surface area contributed by atoms with Crippen LogP contribution in [0.2, 0.25) is 0 Å². The van der Waals surface area contributed by atoms with Crippen molar-refractivity contribution in [1.82, 2.24) is 4.90 Å². The summed E-state index contributed by atoms with van der Waals surface area (Å²) in [7, 11) is 0. The van der Waals surface area contributed by atoms with E-state index < -0.39 is 0 Å². The zero-order valence-electron chi connectivity index (χ0n) is 35.5. The first-order valence-corrected chi connectivity index (χ1v) is 21.2. The van der Waals surface area contributed by atoms with Crippen LogP contribution in [-0.4, -0.2) is 11.4 Å². The van der Waals surface area contributed by atoms with Gasteiger partial charge in [0.15, 0.2) is 0 Å². The Morgan fingerprint density at radius 2 is 1.67 bits per heavy atom. The molecule has 0 aliphatic heterocycles. The van der Waals surface area contributed by atoms with Crippen molar-refractivity contribution >= 4 is 6.08 Å². The maximum atomic E-state index is 3.92. The van der Waals surface area contributed by atoms with Gasteiger partial charge in [0, 0.05) is 18.4 Å². The van der Waals surface area contributed by atoms with E-state index in [9.17, 15) is 0 Å². The Morgan fingerprint density at radius 3 is 2.36 bits per heavy atom. The van der Waals surface area contributed by atoms with Crippen LogP contribution in [0.5, 0.6) is 0 Å². The lowest BCUT2D eigenvalue weighted by Gasteiger charge is -2.23. The standard InChI is InChI=1S/C54H71N/c1-9-16-19-23-39-55(53(15-7)26-13-5)43-48(25-12-4)41-47(29-24-28-46-35-33-45(34-36-46)27-20-17-10-2)40-44(8)54(49(14-6)30-18-11-3)52-38-37-50-31-21-22-32-51(50)42-52/h9,12-13,15,17,20-27,29-32,35,39-42H,1,10-11,14,16,18-19,28,33-34,36-38,43H2,2-8H3/b20-17-,25-12-,26-13-,29-24-,39-23-,45-27+,47-40+,48-41+,49-30+,53-15+,54-44-. The Labute approximate surface area is 337 Å². The molecular formula is C54H71N. The predicted octanol–water partition coefficient (Wildman–Crippen LogP) is 16.1. The van der Waals surface area contributed by atoms with E-state index in [4.69, 9.17) is 0 Å². The van der Waals surface area contributed by atoms with Crippen molar-refractivity contribution in [3.8, 4) is 0 Å². The van der Waals surface area contributed by atoms with Crippen LogP contribution in [0, 0.1) is 0 Å². The summed E-state index contributed by atoms with van der Waals surface area (Å²) in [6.07, 6.45) is 54.1. The molecule has 0 unspecified atom stereocenters. The van der Waals surface area contributed by atoms with Gasteiger partial charge in [0.25, 0.3) is 0 Å². The van der Waals surface area contributed by atoms with Gasteiger partial charge in [-0.05, 0) is 155 Å². The van der Waals surface area contributed by atoms with Crippen molar-refractivity contribution in [2.75, 3.05) is 6.54 Å². The van der Waals surface area contributed by atoms with Crippen LogP contribution in [0.1, 0.15) is 130 Å². The fourth-order valence-corrected chi connectivity index (χ4v) is 7.31. The minimum Gasteiger partial charge on any atom is -0.344 e. The lowest BCUT2D eigenvalue weighted by atomic mass is 9.82. The molecule has 0 atom stereocenters. The third kappa shape index (κ3) is 15.6. The van der Waals surface area contributed by atoms with Gasteiger partial charge in [0.2, 0.25) is 0 Å². The van der Waals surface area contributed by atoms with Crippen LogP contribution in [0.25, 0.3) is 6.08 Å². The Kier molecular flexibility index (Phi) is 21.4. The van der Waals surface area contributed by atoms with Crippen LogP contribution >= 0.6 is 0 Å². The van der Waals surface area contributed by atoms with Crippen molar-refractivity contribution in [2.45, 2.75) is 126 Å². The molecule has 2 aliphatic rings. The second kappa shape index (κ2) is 26.2. The summed E-state index contributed by atoms with van der Waals surface area (Å²) in [6.45, 7) is 20.2. The summed E-state index contributed by atoms with van der Waals surface area (Å²) in [5, 5.41) is 0. The number of hydrogen-bond acceptors (Lipinski definition) is 1. The van der Waals surface area contributed by atoms with Crippen molar-refractivity contribution in [1.29, 1.82) is 0 Å². The van der Waals surface area contributed by atoms with Gasteiger partial charge in [0.1, 0.15) is 0 Å². The molecular weight excluding hydrogens is 663 g/mol. The molecule has 55 heavy (non-hydrogen) atoms. The average molecular weight is 734 g/mol. The summed E-state index contributed by atoms with van der Waals surface area (Å²) in [5.74, 6) is 0. The molecule has 0 heterocycles. The second-order valence-corrected chi connectivity index (χ2v) is 14.6. The number of fused-ring (bicyclic) bond motifs is 1. The Balaban J connectivity index is 2.18. The Hall–Kier alpha value is -4.62. The van der Waals surface area contributed by atoms with Gasteiger partial charge in [-0.3, -0.25) is 0 Å². The molecule has 1 aromatic rings. The molecule has 0 radical (unpaired) electrons. The minimum absolute atomic E-state index is 0.769. The third-order valence-corrected chi connectivity index (χ3v) is 10.2. The first kappa shape index (κ1) is 44.8. The third-order valence-electron chi connectivity index (χ3n) is 10.2. The highest BCUT2D eigenvalue weighted by Crippen LogP contribution is 2.36. The van der Waals surface area contributed by atoms with Gasteiger partial charge in [-0.15, -0.1) is 6.58 Å². The summed E-state index contributed by atoms with van der Waals surface area (Å²) < 4.78 is 0. The normalized spacial score (nSPS) is 17.5. The summed E-state index contributed by atoms with van der Waals surface area (Å²) >= 11 is 0. The van der Waals surface area contributed by atoms with Crippen molar-refractivity contribution in [2.24, 2.45) is 0 Å². The lowest BCUT2D eigenvalue weighted by Crippen LogP contribution is -2.18. The smallest absolute Gasteiger partial charge is 0.0475 e. The van der Waals surface area contributed by atoms with Gasteiger partial charge in [-0.25, -0.2) is 0 Å². The molecule has 0 fully saturated rings. The van der Waals surface area contributed by atoms with E-state index in [1.807, 2.05) is 6.08 Å². The number of benzene rings is 1. The van der Waals surface area contributed by atoms with E-state index in [0.717, 1.165) is 83.6 Å². The molecule has 0 saturated carbocycles. The molecule has 0 aromatic heterocycles. The minimum atomic E-state index is 0.769. The van der Waals surface area contributed by atoms with E-state index in [1.54, 1.807) is 5.57 Å². The highest BCUT2D eigenvalue weighted by atomic mass is 15.1. The number of nitrogens with zero attached hydrogens (tertiary/aromatic N) is 1. The number of unbranched alkanes of at least 4 members (excludes halogenated alkanes) is 2. The number of rotatable bonds is 21. The topological polar surface area (TPSA) is 3.24 Å². The number of allylic oxidation sites excluding steroid dienone is 22. The number of aryl methyl sites for hydroxylation is 1. The zero-order chi connectivity index (χ0) is 39.7. The first-order valence-electron chi connectivity index (χ1n) is 21.2. The van der Waals surface area contributed by atoms with Crippen LogP contribution in [0.4, 0.5) is 0 Å². The summed E-state index contributed by atoms with van der Waals surface area (Å²) in [4.78, 5) is 2.37. The molecule has 3 rings (SSSR count). The highest BCUT2D eigenvalue weighted by Gasteiger charge is 2.18. The SMILES string of the molecule is C=CCC/C=C\N(CC(/C=C\C)=C/C(/C=C\CC1=CC/C(=C\C=C/CC)CC1)=C/C(C)=C(C1=Cc2ccccc2CC1)/C(=C/CCC)CC)C(/C=C\C)=C/C. The maximum absolute atomic E-state index is 3.92. The van der Waals surface area contributed by atoms with E-state index in [-0.39, 0.29) is 0 Å². The van der Waals surface area contributed by atoms with Crippen molar-refractivity contribution < 1.29 is 0 Å². The van der Waals surface area contributed by atoms with E-state index in [2.05, 4.69) is 188 Å². The molecule has 0 saturated heterocycles. The lowest BCUT2D eigenvalue weighted by molar-refractivity contribution is 0.520. The molecule has 292 valence electrons. The van der Waals surface area contributed by atoms with Gasteiger partial charge in [-0.2, -0.15) is 0 Å². The molecule has 0 amide bonds. The van der Waals surface area contributed by atoms with Crippen molar-refractivity contribution in [3.63, 3.8) is 0 Å². The van der Waals surface area contributed by atoms with Crippen LogP contribution < -0.4 is 0 Å². The fraction of sp³-hybridized carbons (Fsp3) is 0.370. The molecule has 2 aliphatic carbocycles. The molecule has 0 N–H and O–H groups in total. The van der Waals surface area contributed by atoms with E-state index >= 15 is 0 Å². The largest absolute Gasteiger partial charge is 0.344 e. The summed E-state index contributed by atoms with van der Waals surface area (Å²) in [5.41, 5.74) is 15.3. The van der Waals surface area contributed by atoms with E-state index in [0.29, 0.717) is 0 Å². The van der Waals surface area contributed by atoms with Crippen molar-refractivity contribution in [3.05, 3.63) is 196 Å². The molecule has 0 spiro atoms. The average Bonchev–Trinajstić information content (AvgIpc) is 3.20. The van der Waals surface area contributed by atoms with Crippen LogP contribution in [-0.2, 0) is 6.42 Å². The van der Waals surface area contributed by atoms with Gasteiger partial charge in [0.05, 0.1) is 0 Å². The zero-order valence-corrected chi connectivity index (χ0v) is 35.5. The molecule has 1 aromatic carbocycles. The maximum Gasteiger partial charge on any atom is 0.0475 e. The molecule has 1 nitrogen and oxygen atoms in total. The van der Waals surface area contributed by atoms with Gasteiger partial charge < -0.3 is 4.90 Å². The van der Waals surface area contributed by atoms with Gasteiger partial charge >= 0.3 is 0 Å².